The molecule has 0 spiro atoms. The van der Waals surface area contributed by atoms with Gasteiger partial charge in [0, 0.05) is 18.1 Å². The van der Waals surface area contributed by atoms with Gasteiger partial charge >= 0.3 is 0 Å². The Bertz CT molecular complexity index is 459. The molecule has 5 heteroatoms. The van der Waals surface area contributed by atoms with Gasteiger partial charge in [0.1, 0.15) is 0 Å². The molecular formula is C16H24ClN3O. The van der Waals surface area contributed by atoms with Crippen LogP contribution in [0, 0.1) is 0 Å². The first kappa shape index (κ1) is 16.3. The number of amides is 1. The van der Waals surface area contributed by atoms with E-state index >= 15 is 0 Å². The van der Waals surface area contributed by atoms with Crippen LogP contribution >= 0.6 is 11.6 Å². The van der Waals surface area contributed by atoms with E-state index < -0.39 is 0 Å². The van der Waals surface area contributed by atoms with E-state index in [1.807, 2.05) is 24.3 Å². The smallest absolute Gasteiger partial charge is 0.234 e. The van der Waals surface area contributed by atoms with Gasteiger partial charge in [-0.15, -0.1) is 0 Å². The molecule has 1 fully saturated rings. The van der Waals surface area contributed by atoms with Gasteiger partial charge in [0.25, 0.3) is 0 Å². The van der Waals surface area contributed by atoms with Gasteiger partial charge < -0.3 is 10.6 Å². The highest BCUT2D eigenvalue weighted by molar-refractivity contribution is 6.30. The second-order valence-corrected chi connectivity index (χ2v) is 5.90. The molecule has 1 amide bonds. The Morgan fingerprint density at radius 1 is 1.43 bits per heavy atom. The van der Waals surface area contributed by atoms with Crippen molar-refractivity contribution in [2.24, 2.45) is 0 Å². The van der Waals surface area contributed by atoms with Crippen LogP contribution in [0.15, 0.2) is 24.3 Å². The summed E-state index contributed by atoms with van der Waals surface area (Å²) in [6.45, 7) is 6.45. The number of nitrogens with one attached hydrogen (secondary N) is 2. The highest BCUT2D eigenvalue weighted by Gasteiger charge is 2.16. The van der Waals surface area contributed by atoms with Gasteiger partial charge in [0.05, 0.1) is 12.6 Å². The summed E-state index contributed by atoms with van der Waals surface area (Å²) in [5, 5.41) is 7.17. The Hall–Kier alpha value is -1.10. The molecule has 0 aromatic heterocycles. The van der Waals surface area contributed by atoms with Crippen LogP contribution in [0.4, 0.5) is 0 Å². The zero-order valence-corrected chi connectivity index (χ0v) is 13.3. The van der Waals surface area contributed by atoms with E-state index in [2.05, 4.69) is 22.5 Å². The van der Waals surface area contributed by atoms with E-state index in [-0.39, 0.29) is 11.9 Å². The Balaban J connectivity index is 1.90. The lowest BCUT2D eigenvalue weighted by atomic mass is 10.0. The van der Waals surface area contributed by atoms with Crippen molar-refractivity contribution in [3.05, 3.63) is 34.9 Å². The SMILES string of the molecule is CCC(NC(=O)CN1CCCNCC1)c1cccc(Cl)c1. The van der Waals surface area contributed by atoms with Crippen LogP contribution in [0.25, 0.3) is 0 Å². The van der Waals surface area contributed by atoms with Crippen LogP contribution in [0.3, 0.4) is 0 Å². The summed E-state index contributed by atoms with van der Waals surface area (Å²) in [4.78, 5) is 14.5. The van der Waals surface area contributed by atoms with Gasteiger partial charge in [-0.25, -0.2) is 0 Å². The van der Waals surface area contributed by atoms with Crippen LogP contribution in [0.5, 0.6) is 0 Å². The minimum atomic E-state index is 0.0290. The molecule has 21 heavy (non-hydrogen) atoms. The molecule has 1 aliphatic rings. The molecule has 116 valence electrons. The molecule has 4 nitrogen and oxygen atoms in total. The van der Waals surface area contributed by atoms with E-state index in [1.165, 1.54) is 0 Å². The summed E-state index contributed by atoms with van der Waals surface area (Å²) < 4.78 is 0. The second-order valence-electron chi connectivity index (χ2n) is 5.46. The molecule has 2 N–H and O–H groups in total. The normalized spacial score (nSPS) is 18.0. The maximum Gasteiger partial charge on any atom is 0.234 e. The molecule has 2 rings (SSSR count). The summed E-state index contributed by atoms with van der Waals surface area (Å²) in [6.07, 6.45) is 1.95. The molecule has 1 heterocycles. The predicted octanol–water partition coefficient (Wildman–Crippen LogP) is 2.20. The summed E-state index contributed by atoms with van der Waals surface area (Å²) in [5.41, 5.74) is 1.07. The number of rotatable bonds is 5. The van der Waals surface area contributed by atoms with Gasteiger partial charge in [-0.3, -0.25) is 9.69 Å². The van der Waals surface area contributed by atoms with Gasteiger partial charge in [-0.2, -0.15) is 0 Å². The van der Waals surface area contributed by atoms with E-state index in [0.717, 1.165) is 44.6 Å². The average Bonchev–Trinajstić information content (AvgIpc) is 2.73. The third kappa shape index (κ3) is 5.30. The first-order valence-electron chi connectivity index (χ1n) is 7.67. The molecule has 0 bridgehead atoms. The lowest BCUT2D eigenvalue weighted by molar-refractivity contribution is -0.123. The number of nitrogens with zero attached hydrogens (tertiary/aromatic N) is 1. The maximum absolute atomic E-state index is 12.2. The fourth-order valence-electron chi connectivity index (χ4n) is 2.65. The zero-order chi connectivity index (χ0) is 15.1. The number of hydrogen-bond donors (Lipinski definition) is 2. The number of hydrogen-bond acceptors (Lipinski definition) is 3. The van der Waals surface area contributed by atoms with Crippen molar-refractivity contribution < 1.29 is 4.79 Å². The molecule has 0 aliphatic carbocycles. The molecule has 1 aromatic rings. The van der Waals surface area contributed by atoms with Crippen molar-refractivity contribution in [3.8, 4) is 0 Å². The maximum atomic E-state index is 12.2. The summed E-state index contributed by atoms with van der Waals surface area (Å²) in [7, 11) is 0. The van der Waals surface area contributed by atoms with Crippen molar-refractivity contribution in [3.63, 3.8) is 0 Å². The van der Waals surface area contributed by atoms with Crippen molar-refractivity contribution >= 4 is 17.5 Å². The number of benzene rings is 1. The van der Waals surface area contributed by atoms with Crippen molar-refractivity contribution in [2.45, 2.75) is 25.8 Å². The standard InChI is InChI=1S/C16H24ClN3O/c1-2-15(13-5-3-6-14(17)11-13)19-16(21)12-20-9-4-7-18-8-10-20/h3,5-6,11,15,18H,2,4,7-10,12H2,1H3,(H,19,21). The topological polar surface area (TPSA) is 44.4 Å². The van der Waals surface area contributed by atoms with Crippen LogP contribution in [0.1, 0.15) is 31.4 Å². The van der Waals surface area contributed by atoms with Crippen LogP contribution < -0.4 is 10.6 Å². The molecule has 1 unspecified atom stereocenters. The van der Waals surface area contributed by atoms with E-state index in [9.17, 15) is 4.79 Å². The summed E-state index contributed by atoms with van der Waals surface area (Å²) >= 11 is 6.03. The number of carbonyl (C=O) groups is 1. The third-order valence-electron chi connectivity index (χ3n) is 3.79. The van der Waals surface area contributed by atoms with Crippen LogP contribution in [-0.2, 0) is 4.79 Å². The molecule has 1 atom stereocenters. The van der Waals surface area contributed by atoms with Gasteiger partial charge in [0.2, 0.25) is 5.91 Å². The fourth-order valence-corrected chi connectivity index (χ4v) is 2.85. The van der Waals surface area contributed by atoms with Gasteiger partial charge in [-0.05, 0) is 43.6 Å². The first-order valence-corrected chi connectivity index (χ1v) is 8.04. The predicted molar refractivity (Wildman–Crippen MR) is 86.6 cm³/mol. The largest absolute Gasteiger partial charge is 0.348 e. The monoisotopic (exact) mass is 309 g/mol. The highest BCUT2D eigenvalue weighted by atomic mass is 35.5. The Kier molecular flexibility index (Phi) is 6.49. The van der Waals surface area contributed by atoms with Crippen LogP contribution in [-0.4, -0.2) is 43.5 Å². The van der Waals surface area contributed by atoms with Gasteiger partial charge in [-0.1, -0.05) is 30.7 Å². The highest BCUT2D eigenvalue weighted by Crippen LogP contribution is 2.20. The lowest BCUT2D eigenvalue weighted by Gasteiger charge is -2.22. The third-order valence-corrected chi connectivity index (χ3v) is 4.03. The van der Waals surface area contributed by atoms with Crippen molar-refractivity contribution in [1.82, 2.24) is 15.5 Å². The minimum Gasteiger partial charge on any atom is -0.348 e. The summed E-state index contributed by atoms with van der Waals surface area (Å²) in [6, 6.07) is 7.74. The van der Waals surface area contributed by atoms with Gasteiger partial charge in [0.15, 0.2) is 0 Å². The molecule has 1 aliphatic heterocycles. The quantitative estimate of drug-likeness (QED) is 0.876. The van der Waals surface area contributed by atoms with E-state index in [0.29, 0.717) is 11.6 Å². The number of halogens is 1. The molecule has 1 saturated heterocycles. The fraction of sp³-hybridized carbons (Fsp3) is 0.562. The Morgan fingerprint density at radius 3 is 3.05 bits per heavy atom. The lowest BCUT2D eigenvalue weighted by Crippen LogP contribution is -2.40. The Labute approximate surface area is 131 Å². The zero-order valence-electron chi connectivity index (χ0n) is 12.6. The Morgan fingerprint density at radius 2 is 2.29 bits per heavy atom. The molecule has 0 radical (unpaired) electrons. The second kappa shape index (κ2) is 8.37. The minimum absolute atomic E-state index is 0.0290. The van der Waals surface area contributed by atoms with Crippen LogP contribution in [0.2, 0.25) is 5.02 Å². The van der Waals surface area contributed by atoms with E-state index in [4.69, 9.17) is 11.6 Å². The first-order chi connectivity index (χ1) is 10.2. The van der Waals surface area contributed by atoms with E-state index in [1.54, 1.807) is 0 Å². The molecular weight excluding hydrogens is 286 g/mol. The molecule has 1 aromatic carbocycles. The number of carbonyl (C=O) groups excluding carboxylic acids is 1. The summed E-state index contributed by atoms with van der Waals surface area (Å²) in [5.74, 6) is 0.0868. The van der Waals surface area contributed by atoms with Crippen molar-refractivity contribution in [2.75, 3.05) is 32.7 Å². The molecule has 0 saturated carbocycles. The average molecular weight is 310 g/mol. The van der Waals surface area contributed by atoms with Crippen molar-refractivity contribution in [1.29, 1.82) is 0 Å².